The number of carbonyl (C=O) groups excluding carboxylic acids is 3. The van der Waals surface area contributed by atoms with Gasteiger partial charge < -0.3 is 20.1 Å². The summed E-state index contributed by atoms with van der Waals surface area (Å²) in [7, 11) is 0. The summed E-state index contributed by atoms with van der Waals surface area (Å²) >= 11 is 14.6. The molecule has 218 valence electrons. The molecule has 3 aromatic rings. The van der Waals surface area contributed by atoms with Crippen molar-refractivity contribution in [2.24, 2.45) is 0 Å². The van der Waals surface area contributed by atoms with E-state index in [1.165, 1.54) is 23.1 Å². The van der Waals surface area contributed by atoms with Gasteiger partial charge in [-0.2, -0.15) is 0 Å². The topological polar surface area (TPSA) is 110 Å². The second-order valence-corrected chi connectivity index (χ2v) is 12.3. The molecule has 13 heteroatoms. The maximum absolute atomic E-state index is 12.5. The Hall–Kier alpha value is -2.67. The molecule has 0 spiro atoms. The minimum atomic E-state index is -0.836. The van der Waals surface area contributed by atoms with Gasteiger partial charge in [-0.05, 0) is 30.2 Å². The summed E-state index contributed by atoms with van der Waals surface area (Å²) in [5.74, 6) is -1.03. The van der Waals surface area contributed by atoms with E-state index >= 15 is 0 Å². The minimum absolute atomic E-state index is 0.128. The lowest BCUT2D eigenvalue weighted by Gasteiger charge is -2.33. The molecule has 1 aromatic heterocycles. The Bertz CT molecular complexity index is 1340. The third-order valence-corrected chi connectivity index (χ3v) is 8.87. The van der Waals surface area contributed by atoms with E-state index in [4.69, 9.17) is 32.7 Å². The van der Waals surface area contributed by atoms with Gasteiger partial charge >= 0.3 is 5.97 Å². The van der Waals surface area contributed by atoms with Crippen LogP contribution >= 0.6 is 46.3 Å². The summed E-state index contributed by atoms with van der Waals surface area (Å²) < 4.78 is 11.7. The van der Waals surface area contributed by atoms with Gasteiger partial charge in [0.25, 0.3) is 5.91 Å². The average molecular weight is 638 g/mol. The third kappa shape index (κ3) is 9.98. The summed E-state index contributed by atoms with van der Waals surface area (Å²) in [6.07, 6.45) is -0.128. The first-order valence-electron chi connectivity index (χ1n) is 12.9. The molecule has 9 nitrogen and oxygen atoms in total. The third-order valence-electron chi connectivity index (χ3n) is 6.11. The van der Waals surface area contributed by atoms with Crippen molar-refractivity contribution < 1.29 is 23.9 Å². The molecule has 0 aliphatic carbocycles. The number of aromatic nitrogens is 1. The predicted octanol–water partition coefficient (Wildman–Crippen LogP) is 4.42. The van der Waals surface area contributed by atoms with Crippen LogP contribution in [0.4, 0.5) is 0 Å². The molecule has 0 bridgehead atoms. The van der Waals surface area contributed by atoms with Gasteiger partial charge in [-0.3, -0.25) is 14.5 Å². The smallest absolute Gasteiger partial charge is 0.328 e. The van der Waals surface area contributed by atoms with E-state index in [0.29, 0.717) is 40.6 Å². The van der Waals surface area contributed by atoms with Crippen LogP contribution < -0.4 is 10.6 Å². The van der Waals surface area contributed by atoms with E-state index in [1.54, 1.807) is 18.4 Å². The Labute approximate surface area is 256 Å². The number of hydrogen-bond donors (Lipinski definition) is 2. The highest BCUT2D eigenvalue weighted by atomic mass is 35.5. The van der Waals surface area contributed by atoms with Gasteiger partial charge in [-0.1, -0.05) is 71.4 Å². The predicted molar refractivity (Wildman–Crippen MR) is 160 cm³/mol. The number of esters is 1. The number of amides is 2. The summed E-state index contributed by atoms with van der Waals surface area (Å²) in [5.41, 5.74) is 2.10. The van der Waals surface area contributed by atoms with Gasteiger partial charge in [0.1, 0.15) is 18.3 Å². The highest BCUT2D eigenvalue weighted by Gasteiger charge is 2.22. The molecule has 1 aliphatic heterocycles. The van der Waals surface area contributed by atoms with Crippen LogP contribution in [0.3, 0.4) is 0 Å². The SMILES string of the molecule is C[C@H](NC(=O)c1csc(SCC(=O)NC[C@H]2CN(Cc3ccc(Cl)c(Cl)c3)CCO2)n1)C(=O)OCc1ccccc1. The molecule has 2 heterocycles. The molecule has 1 fully saturated rings. The Balaban J connectivity index is 1.15. The zero-order valence-corrected chi connectivity index (χ0v) is 25.5. The molecule has 4 rings (SSSR count). The van der Waals surface area contributed by atoms with Crippen molar-refractivity contribution in [1.82, 2.24) is 20.5 Å². The molecule has 2 atom stereocenters. The van der Waals surface area contributed by atoms with Crippen molar-refractivity contribution in [3.05, 3.63) is 80.8 Å². The second kappa shape index (κ2) is 15.5. The number of nitrogens with one attached hydrogen (secondary N) is 2. The lowest BCUT2D eigenvalue weighted by atomic mass is 10.2. The number of rotatable bonds is 12. The normalized spacial score (nSPS) is 16.1. The van der Waals surface area contributed by atoms with Crippen molar-refractivity contribution in [1.29, 1.82) is 0 Å². The molecule has 41 heavy (non-hydrogen) atoms. The molecule has 2 aromatic carbocycles. The minimum Gasteiger partial charge on any atom is -0.459 e. The van der Waals surface area contributed by atoms with Gasteiger partial charge in [0.05, 0.1) is 28.5 Å². The fourth-order valence-electron chi connectivity index (χ4n) is 3.96. The van der Waals surface area contributed by atoms with E-state index in [-0.39, 0.29) is 30.1 Å². The number of benzene rings is 2. The molecule has 0 saturated carbocycles. The van der Waals surface area contributed by atoms with Crippen LogP contribution in [0.15, 0.2) is 58.3 Å². The summed E-state index contributed by atoms with van der Waals surface area (Å²) in [6.45, 7) is 4.83. The molecular weight excluding hydrogens is 607 g/mol. The first-order valence-corrected chi connectivity index (χ1v) is 15.5. The van der Waals surface area contributed by atoms with Crippen LogP contribution in [0.1, 0.15) is 28.5 Å². The molecule has 2 N–H and O–H groups in total. The summed E-state index contributed by atoms with van der Waals surface area (Å²) in [6, 6.07) is 14.1. The van der Waals surface area contributed by atoms with E-state index < -0.39 is 17.9 Å². The lowest BCUT2D eigenvalue weighted by molar-refractivity contribution is -0.146. The Morgan fingerprint density at radius 2 is 1.98 bits per heavy atom. The maximum atomic E-state index is 12.5. The van der Waals surface area contributed by atoms with Gasteiger partial charge in [0.2, 0.25) is 5.91 Å². The number of carbonyl (C=O) groups is 3. The fourth-order valence-corrected chi connectivity index (χ4v) is 5.92. The number of nitrogens with zero attached hydrogens (tertiary/aromatic N) is 2. The van der Waals surface area contributed by atoms with E-state index in [1.807, 2.05) is 42.5 Å². The largest absolute Gasteiger partial charge is 0.459 e. The first kappa shape index (κ1) is 31.3. The Morgan fingerprint density at radius 3 is 2.76 bits per heavy atom. The van der Waals surface area contributed by atoms with Crippen molar-refractivity contribution in [2.45, 2.75) is 36.6 Å². The van der Waals surface area contributed by atoms with Crippen LogP contribution in [-0.2, 0) is 32.2 Å². The number of ether oxygens (including phenoxy) is 2. The maximum Gasteiger partial charge on any atom is 0.328 e. The van der Waals surface area contributed by atoms with Gasteiger partial charge in [-0.25, -0.2) is 9.78 Å². The van der Waals surface area contributed by atoms with Gasteiger partial charge in [-0.15, -0.1) is 11.3 Å². The molecule has 1 aliphatic rings. The van der Waals surface area contributed by atoms with E-state index in [0.717, 1.165) is 17.7 Å². The van der Waals surface area contributed by atoms with E-state index in [2.05, 4.69) is 20.5 Å². The number of thioether (sulfide) groups is 1. The van der Waals surface area contributed by atoms with Crippen molar-refractivity contribution in [3.63, 3.8) is 0 Å². The fraction of sp³-hybridized carbons (Fsp3) is 0.357. The first-order chi connectivity index (χ1) is 19.8. The van der Waals surface area contributed by atoms with Crippen molar-refractivity contribution >= 4 is 64.1 Å². The van der Waals surface area contributed by atoms with Crippen LogP contribution in [0.2, 0.25) is 10.0 Å². The number of thiazole rings is 1. The highest BCUT2D eigenvalue weighted by Crippen LogP contribution is 2.24. The van der Waals surface area contributed by atoms with Crippen LogP contribution in [-0.4, -0.2) is 71.8 Å². The molecule has 0 unspecified atom stereocenters. The van der Waals surface area contributed by atoms with E-state index in [9.17, 15) is 14.4 Å². The van der Waals surface area contributed by atoms with Crippen LogP contribution in [0, 0.1) is 0 Å². The van der Waals surface area contributed by atoms with Crippen LogP contribution in [0.25, 0.3) is 0 Å². The monoisotopic (exact) mass is 636 g/mol. The molecule has 1 saturated heterocycles. The van der Waals surface area contributed by atoms with Gasteiger partial charge in [0, 0.05) is 31.6 Å². The molecular formula is C28H30Cl2N4O5S2. The number of morpholine rings is 1. The molecule has 2 amide bonds. The summed E-state index contributed by atoms with van der Waals surface area (Å²) in [4.78, 5) is 43.8. The highest BCUT2D eigenvalue weighted by molar-refractivity contribution is 8.01. The van der Waals surface area contributed by atoms with Crippen LogP contribution in [0.5, 0.6) is 0 Å². The standard InChI is InChI=1S/C28H30Cl2N4O5S2/c1-18(27(37)39-15-19-5-3-2-4-6-19)32-26(36)24-16-40-28(33-24)41-17-25(35)31-12-21-14-34(9-10-38-21)13-20-7-8-22(29)23(30)11-20/h2-8,11,16,18,21H,9-10,12-15,17H2,1H3,(H,31,35)(H,32,36)/t18-,21-/m0/s1. The zero-order chi connectivity index (χ0) is 29.2. The quantitative estimate of drug-likeness (QED) is 0.222. The lowest BCUT2D eigenvalue weighted by Crippen LogP contribution is -2.47. The average Bonchev–Trinajstić information content (AvgIpc) is 3.46. The second-order valence-electron chi connectivity index (χ2n) is 9.36. The zero-order valence-electron chi connectivity index (χ0n) is 22.3. The van der Waals surface area contributed by atoms with Crippen molar-refractivity contribution in [3.8, 4) is 0 Å². The van der Waals surface area contributed by atoms with Gasteiger partial charge in [0.15, 0.2) is 4.34 Å². The number of hydrogen-bond acceptors (Lipinski definition) is 9. The Morgan fingerprint density at radius 1 is 1.17 bits per heavy atom. The Kier molecular flexibility index (Phi) is 11.8. The summed E-state index contributed by atoms with van der Waals surface area (Å²) in [5, 5.41) is 8.16. The van der Waals surface area contributed by atoms with Crippen molar-refractivity contribution in [2.75, 3.05) is 32.0 Å². The number of halogens is 2. The molecule has 0 radical (unpaired) electrons.